The van der Waals surface area contributed by atoms with Crippen molar-refractivity contribution in [3.63, 3.8) is 0 Å². The predicted molar refractivity (Wildman–Crippen MR) is 210 cm³/mol. The number of aromatic nitrogens is 3. The van der Waals surface area contributed by atoms with Gasteiger partial charge < -0.3 is 19.1 Å². The van der Waals surface area contributed by atoms with Gasteiger partial charge in [-0.25, -0.2) is 9.97 Å². The maximum Gasteiger partial charge on any atom is 0.232 e. The van der Waals surface area contributed by atoms with Gasteiger partial charge in [0.2, 0.25) is 5.95 Å². The van der Waals surface area contributed by atoms with E-state index in [4.69, 9.17) is 14.7 Å². The first kappa shape index (κ1) is 34.4. The molecule has 1 aliphatic heterocycles. The smallest absolute Gasteiger partial charge is 0.232 e. The molecular formula is C46H36N5OPt-3. The Kier molecular flexibility index (Phi) is 9.09. The second-order valence-electron chi connectivity index (χ2n) is 14.1. The molecule has 6 nitrogen and oxygen atoms in total. The minimum atomic E-state index is -0.137. The van der Waals surface area contributed by atoms with Crippen LogP contribution in [0.2, 0.25) is 0 Å². The number of ether oxygens (including phenoxy) is 1. The molecule has 0 fully saturated rings. The molecule has 3 heterocycles. The summed E-state index contributed by atoms with van der Waals surface area (Å²) < 4.78 is 8.63. The summed E-state index contributed by atoms with van der Waals surface area (Å²) in [5.41, 5.74) is 9.36. The largest absolute Gasteiger partial charge is 0.509 e. The van der Waals surface area contributed by atoms with Crippen LogP contribution >= 0.6 is 0 Å². The first-order chi connectivity index (χ1) is 25.4. The Balaban J connectivity index is 0.00000400. The third-order valence-electron chi connectivity index (χ3n) is 9.50. The maximum atomic E-state index is 6.54. The van der Waals surface area contributed by atoms with E-state index in [1.54, 1.807) is 0 Å². The van der Waals surface area contributed by atoms with Gasteiger partial charge in [-0.2, -0.15) is 18.8 Å². The Hall–Kier alpha value is -5.71. The SMILES string of the molecule is CC(C)(C)c1ccnc(-n2c3[c-]c(Oc4[c-]c(N5[CH-]N(Cc6ccccc6)c6ccccc65)ccc4)ccc3c3cc(-c4ccccc4)ccc32)n1.[Pt]. The van der Waals surface area contributed by atoms with Crippen LogP contribution in [0.15, 0.2) is 146 Å². The molecule has 0 amide bonds. The van der Waals surface area contributed by atoms with Gasteiger partial charge >= 0.3 is 0 Å². The molecule has 264 valence electrons. The number of fused-ring (bicyclic) bond motifs is 4. The zero-order valence-electron chi connectivity index (χ0n) is 29.6. The van der Waals surface area contributed by atoms with E-state index in [2.05, 4.69) is 157 Å². The fraction of sp³-hybridized carbons (Fsp3) is 0.109. The van der Waals surface area contributed by atoms with Crippen molar-refractivity contribution in [2.24, 2.45) is 0 Å². The molecule has 0 atom stereocenters. The average molecular weight is 870 g/mol. The molecule has 6 aromatic carbocycles. The minimum Gasteiger partial charge on any atom is -0.509 e. The van der Waals surface area contributed by atoms with Gasteiger partial charge in [-0.15, -0.1) is 41.4 Å². The van der Waals surface area contributed by atoms with Crippen molar-refractivity contribution in [1.82, 2.24) is 14.5 Å². The van der Waals surface area contributed by atoms with Crippen molar-refractivity contribution in [3.05, 3.63) is 176 Å². The normalized spacial score (nSPS) is 12.6. The van der Waals surface area contributed by atoms with Crippen LogP contribution in [0, 0.1) is 18.8 Å². The molecule has 7 heteroatoms. The van der Waals surface area contributed by atoms with Gasteiger partial charge in [0.1, 0.15) is 0 Å². The Bertz CT molecular complexity index is 2560. The van der Waals surface area contributed by atoms with Crippen molar-refractivity contribution in [2.45, 2.75) is 32.7 Å². The Morgan fingerprint density at radius 3 is 2.21 bits per heavy atom. The number of hydrogen-bond acceptors (Lipinski definition) is 5. The first-order valence-corrected chi connectivity index (χ1v) is 17.5. The monoisotopic (exact) mass is 869 g/mol. The van der Waals surface area contributed by atoms with Crippen LogP contribution in [-0.2, 0) is 33.0 Å². The molecule has 0 spiro atoms. The van der Waals surface area contributed by atoms with Crippen LogP contribution in [0.25, 0.3) is 38.9 Å². The zero-order valence-corrected chi connectivity index (χ0v) is 31.9. The molecule has 0 bridgehead atoms. The van der Waals surface area contributed by atoms with Crippen LogP contribution in [0.5, 0.6) is 11.5 Å². The van der Waals surface area contributed by atoms with E-state index in [1.807, 2.05) is 42.6 Å². The summed E-state index contributed by atoms with van der Waals surface area (Å²) in [5.74, 6) is 1.78. The Morgan fingerprint density at radius 2 is 1.42 bits per heavy atom. The first-order valence-electron chi connectivity index (χ1n) is 17.5. The van der Waals surface area contributed by atoms with Crippen molar-refractivity contribution in [1.29, 1.82) is 0 Å². The predicted octanol–water partition coefficient (Wildman–Crippen LogP) is 11.2. The second-order valence-corrected chi connectivity index (χ2v) is 14.1. The topological polar surface area (TPSA) is 46.4 Å². The fourth-order valence-corrected chi connectivity index (χ4v) is 6.90. The van der Waals surface area contributed by atoms with E-state index in [0.717, 1.165) is 62.2 Å². The number of rotatable bonds is 7. The van der Waals surface area contributed by atoms with Crippen LogP contribution in [0.4, 0.5) is 17.1 Å². The number of hydrogen-bond donors (Lipinski definition) is 0. The fourth-order valence-electron chi connectivity index (χ4n) is 6.90. The van der Waals surface area contributed by atoms with Gasteiger partial charge in [-0.3, -0.25) is 0 Å². The summed E-state index contributed by atoms with van der Waals surface area (Å²) in [6.45, 7) is 9.40. The van der Waals surface area contributed by atoms with Crippen molar-refractivity contribution in [2.75, 3.05) is 9.80 Å². The molecule has 53 heavy (non-hydrogen) atoms. The summed E-state index contributed by atoms with van der Waals surface area (Å²) in [7, 11) is 0. The van der Waals surface area contributed by atoms with Crippen molar-refractivity contribution in [3.8, 4) is 28.6 Å². The maximum absolute atomic E-state index is 6.54. The average Bonchev–Trinajstić information content (AvgIpc) is 3.70. The van der Waals surface area contributed by atoms with E-state index >= 15 is 0 Å². The summed E-state index contributed by atoms with van der Waals surface area (Å²) in [4.78, 5) is 14.3. The van der Waals surface area contributed by atoms with Crippen molar-refractivity contribution >= 4 is 38.9 Å². The molecule has 0 N–H and O–H groups in total. The molecule has 0 aliphatic carbocycles. The number of nitrogens with zero attached hydrogens (tertiary/aromatic N) is 5. The quantitative estimate of drug-likeness (QED) is 0.149. The molecule has 1 aliphatic rings. The molecule has 0 saturated carbocycles. The van der Waals surface area contributed by atoms with Gasteiger partial charge in [0.05, 0.1) is 5.69 Å². The van der Waals surface area contributed by atoms with Gasteiger partial charge in [0.25, 0.3) is 0 Å². The number of benzene rings is 6. The van der Waals surface area contributed by atoms with Gasteiger partial charge in [-0.05, 0) is 46.3 Å². The van der Waals surface area contributed by atoms with E-state index in [0.29, 0.717) is 17.4 Å². The molecule has 2 aromatic heterocycles. The number of anilines is 3. The summed E-state index contributed by atoms with van der Waals surface area (Å²) in [6.07, 6.45) is 1.84. The van der Waals surface area contributed by atoms with Gasteiger partial charge in [0.15, 0.2) is 0 Å². The molecule has 9 rings (SSSR count). The molecular weight excluding hydrogens is 834 g/mol. The van der Waals surface area contributed by atoms with E-state index in [1.165, 1.54) is 5.56 Å². The molecule has 0 radical (unpaired) electrons. The Morgan fingerprint density at radius 1 is 0.679 bits per heavy atom. The summed E-state index contributed by atoms with van der Waals surface area (Å²) in [6, 6.07) is 55.2. The van der Waals surface area contributed by atoms with E-state index in [9.17, 15) is 0 Å². The van der Waals surface area contributed by atoms with Crippen LogP contribution in [-0.4, -0.2) is 14.5 Å². The third kappa shape index (κ3) is 6.60. The van der Waals surface area contributed by atoms with E-state index < -0.39 is 0 Å². The number of para-hydroxylation sites is 2. The van der Waals surface area contributed by atoms with Crippen LogP contribution in [0.3, 0.4) is 0 Å². The van der Waals surface area contributed by atoms with Crippen LogP contribution in [0.1, 0.15) is 32.0 Å². The zero-order chi connectivity index (χ0) is 35.2. The van der Waals surface area contributed by atoms with Gasteiger partial charge in [-0.1, -0.05) is 111 Å². The van der Waals surface area contributed by atoms with Gasteiger partial charge in [0, 0.05) is 67.6 Å². The summed E-state index contributed by atoms with van der Waals surface area (Å²) >= 11 is 0. The molecule has 8 aromatic rings. The molecule has 0 saturated heterocycles. The standard InChI is InChI=1S/C46H36N5O.Pt/c1-46(2,3)44-25-26-47-45(48-44)51-40-24-21-34(33-15-8-5-9-16-33)27-39(40)38-23-22-37(29-43(38)51)52-36-18-12-17-35(28-36)50-31-49(30-32-13-6-4-7-14-32)41-19-10-11-20-42(41)50;/h4-27,31H,30H2,1-3H3;/q-3;. The van der Waals surface area contributed by atoms with Crippen molar-refractivity contribution < 1.29 is 25.8 Å². The molecule has 0 unspecified atom stereocenters. The second kappa shape index (κ2) is 14.0. The third-order valence-corrected chi connectivity index (χ3v) is 9.50. The summed E-state index contributed by atoms with van der Waals surface area (Å²) in [5, 5.41) is 2.14. The van der Waals surface area contributed by atoms with E-state index in [-0.39, 0.29) is 26.5 Å². The Labute approximate surface area is 324 Å². The minimum absolute atomic E-state index is 0. The van der Waals surface area contributed by atoms with Crippen LogP contribution < -0.4 is 14.5 Å².